The molecule has 1 spiro atoms. The molecule has 11 heteroatoms. The van der Waals surface area contributed by atoms with E-state index in [2.05, 4.69) is 5.10 Å². The Labute approximate surface area is 160 Å². The van der Waals surface area contributed by atoms with Crippen molar-refractivity contribution in [2.75, 3.05) is 13.1 Å². The standard InChI is InChI=1S/C18H15F6N3O2/c19-10-1-2-13(11(9-10)18(22,23)24)27-6-3-12(25-27)14-16(17(14,20)21)4-7-26(8-5-16)15(28)29/h1-3,6,9,14H,4-5,7-8H2,(H,28,29). The van der Waals surface area contributed by atoms with Gasteiger partial charge >= 0.3 is 12.3 Å². The Morgan fingerprint density at radius 1 is 1.17 bits per heavy atom. The van der Waals surface area contributed by atoms with Crippen LogP contribution >= 0.6 is 0 Å². The first kappa shape index (κ1) is 19.6. The highest BCUT2D eigenvalue weighted by atomic mass is 19.4. The SMILES string of the molecule is O=C(O)N1CCC2(CC1)C(c1ccn(-c3ccc(F)cc3C(F)(F)F)n1)C2(F)F. The van der Waals surface area contributed by atoms with Crippen LogP contribution in [0.2, 0.25) is 0 Å². The highest BCUT2D eigenvalue weighted by Gasteiger charge is 2.81. The number of alkyl halides is 5. The molecule has 1 aromatic carbocycles. The van der Waals surface area contributed by atoms with E-state index in [4.69, 9.17) is 5.11 Å². The topological polar surface area (TPSA) is 58.4 Å². The number of hydrogen-bond acceptors (Lipinski definition) is 2. The molecule has 2 heterocycles. The lowest BCUT2D eigenvalue weighted by Gasteiger charge is -2.30. The molecule has 2 aromatic rings. The van der Waals surface area contributed by atoms with Crippen LogP contribution in [0.3, 0.4) is 0 Å². The van der Waals surface area contributed by atoms with Crippen LogP contribution in [0, 0.1) is 11.2 Å². The van der Waals surface area contributed by atoms with Crippen molar-refractivity contribution in [1.29, 1.82) is 0 Å². The van der Waals surface area contributed by atoms with Crippen molar-refractivity contribution in [3.05, 3.63) is 47.5 Å². The number of amides is 1. The lowest BCUT2D eigenvalue weighted by Crippen LogP contribution is -2.39. The van der Waals surface area contributed by atoms with Crippen molar-refractivity contribution >= 4 is 6.09 Å². The predicted molar refractivity (Wildman–Crippen MR) is 87.5 cm³/mol. The third-order valence-corrected chi connectivity index (χ3v) is 5.84. The highest BCUT2D eigenvalue weighted by molar-refractivity contribution is 5.65. The van der Waals surface area contributed by atoms with Gasteiger partial charge in [0.2, 0.25) is 0 Å². The molecule has 1 unspecified atom stereocenters. The third-order valence-electron chi connectivity index (χ3n) is 5.84. The molecule has 0 bridgehead atoms. The van der Waals surface area contributed by atoms with Crippen LogP contribution in [-0.2, 0) is 6.18 Å². The smallest absolute Gasteiger partial charge is 0.418 e. The summed E-state index contributed by atoms with van der Waals surface area (Å²) in [5.41, 5.74) is -3.26. The summed E-state index contributed by atoms with van der Waals surface area (Å²) in [6.07, 6.45) is -5.02. The molecule has 2 fully saturated rings. The van der Waals surface area contributed by atoms with Crippen molar-refractivity contribution in [1.82, 2.24) is 14.7 Å². The molecule has 156 valence electrons. The fourth-order valence-corrected chi connectivity index (χ4v) is 4.26. The number of piperidine rings is 1. The van der Waals surface area contributed by atoms with E-state index < -0.39 is 46.6 Å². The van der Waals surface area contributed by atoms with Gasteiger partial charge in [-0.05, 0) is 37.1 Å². The number of halogens is 6. The number of nitrogens with zero attached hydrogens (tertiary/aromatic N) is 3. The van der Waals surface area contributed by atoms with Gasteiger partial charge in [0.15, 0.2) is 0 Å². The summed E-state index contributed by atoms with van der Waals surface area (Å²) >= 11 is 0. The maximum Gasteiger partial charge on any atom is 0.418 e. The first-order valence-electron chi connectivity index (χ1n) is 8.76. The van der Waals surface area contributed by atoms with Crippen LogP contribution < -0.4 is 0 Å². The van der Waals surface area contributed by atoms with Crippen LogP contribution in [0.15, 0.2) is 30.5 Å². The predicted octanol–water partition coefficient (Wildman–Crippen LogP) is 4.52. The number of hydrogen-bond donors (Lipinski definition) is 1. The van der Waals surface area contributed by atoms with E-state index in [1.807, 2.05) is 0 Å². The quantitative estimate of drug-likeness (QED) is 0.729. The summed E-state index contributed by atoms with van der Waals surface area (Å²) in [5.74, 6) is -5.51. The van der Waals surface area contributed by atoms with Gasteiger partial charge in [-0.1, -0.05) is 0 Å². The summed E-state index contributed by atoms with van der Waals surface area (Å²) in [6.45, 7) is -0.0867. The van der Waals surface area contributed by atoms with Gasteiger partial charge in [0.05, 0.1) is 28.3 Å². The second-order valence-corrected chi connectivity index (χ2v) is 7.33. The minimum absolute atomic E-state index is 0.0433. The Morgan fingerprint density at radius 3 is 2.41 bits per heavy atom. The summed E-state index contributed by atoms with van der Waals surface area (Å²) in [7, 11) is 0. The van der Waals surface area contributed by atoms with Crippen molar-refractivity contribution in [2.45, 2.75) is 30.9 Å². The van der Waals surface area contributed by atoms with Gasteiger partial charge in [-0.3, -0.25) is 0 Å². The molecule has 29 heavy (non-hydrogen) atoms. The van der Waals surface area contributed by atoms with E-state index in [0.717, 1.165) is 27.9 Å². The number of likely N-dealkylation sites (tertiary alicyclic amines) is 1. The van der Waals surface area contributed by atoms with E-state index in [1.54, 1.807) is 0 Å². The monoisotopic (exact) mass is 419 g/mol. The maximum atomic E-state index is 14.6. The van der Waals surface area contributed by atoms with Crippen LogP contribution in [0.4, 0.5) is 31.1 Å². The van der Waals surface area contributed by atoms with Crippen LogP contribution in [0.1, 0.15) is 30.0 Å². The molecule has 1 atom stereocenters. The second-order valence-electron chi connectivity index (χ2n) is 7.33. The number of carboxylic acid groups (broad SMARTS) is 1. The van der Waals surface area contributed by atoms with Crippen molar-refractivity contribution in [3.8, 4) is 5.69 Å². The summed E-state index contributed by atoms with van der Waals surface area (Å²) in [6, 6.07) is 3.27. The third kappa shape index (κ3) is 2.94. The number of aromatic nitrogens is 2. The number of carbonyl (C=O) groups is 1. The molecule has 5 nitrogen and oxygen atoms in total. The Bertz CT molecular complexity index is 963. The van der Waals surface area contributed by atoms with Crippen molar-refractivity contribution in [3.63, 3.8) is 0 Å². The largest absolute Gasteiger partial charge is 0.465 e. The first-order valence-corrected chi connectivity index (χ1v) is 8.76. The first-order chi connectivity index (χ1) is 13.5. The fourth-order valence-electron chi connectivity index (χ4n) is 4.26. The molecule has 1 N–H and O–H groups in total. The normalized spacial score (nSPS) is 22.7. The van der Waals surface area contributed by atoms with Crippen molar-refractivity contribution in [2.24, 2.45) is 5.41 Å². The van der Waals surface area contributed by atoms with Crippen LogP contribution in [-0.4, -0.2) is 44.9 Å². The maximum absolute atomic E-state index is 14.6. The Balaban J connectivity index is 1.64. The zero-order valence-corrected chi connectivity index (χ0v) is 14.8. The molecule has 0 radical (unpaired) electrons. The second kappa shape index (κ2) is 6.14. The van der Waals surface area contributed by atoms with Crippen LogP contribution in [0.25, 0.3) is 5.69 Å². The lowest BCUT2D eigenvalue weighted by molar-refractivity contribution is -0.137. The summed E-state index contributed by atoms with van der Waals surface area (Å²) in [5, 5.41) is 12.9. The van der Waals surface area contributed by atoms with Gasteiger partial charge in [-0.25, -0.2) is 22.6 Å². The number of benzene rings is 1. The zero-order chi connectivity index (χ0) is 21.2. The van der Waals surface area contributed by atoms with E-state index in [9.17, 15) is 31.1 Å². The molecule has 1 aromatic heterocycles. The van der Waals surface area contributed by atoms with Gasteiger partial charge in [0.25, 0.3) is 5.92 Å². The van der Waals surface area contributed by atoms with E-state index in [0.29, 0.717) is 6.07 Å². The van der Waals surface area contributed by atoms with Gasteiger partial charge in [0, 0.05) is 19.3 Å². The number of rotatable bonds is 2. The van der Waals surface area contributed by atoms with E-state index in [-0.39, 0.29) is 31.6 Å². The molecule has 1 aliphatic heterocycles. The van der Waals surface area contributed by atoms with E-state index in [1.165, 1.54) is 6.07 Å². The van der Waals surface area contributed by atoms with Gasteiger partial charge in [-0.15, -0.1) is 0 Å². The van der Waals surface area contributed by atoms with E-state index >= 15 is 0 Å². The highest BCUT2D eigenvalue weighted by Crippen LogP contribution is 2.75. The van der Waals surface area contributed by atoms with Crippen LogP contribution in [0.5, 0.6) is 0 Å². The lowest BCUT2D eigenvalue weighted by atomic mass is 9.90. The molecular weight excluding hydrogens is 404 g/mol. The Morgan fingerprint density at radius 2 is 1.83 bits per heavy atom. The average Bonchev–Trinajstić information content (AvgIpc) is 2.96. The molecule has 4 rings (SSSR count). The molecule has 2 aliphatic rings. The summed E-state index contributed by atoms with van der Waals surface area (Å²) < 4.78 is 83.0. The van der Waals surface area contributed by atoms with Crippen molar-refractivity contribution < 1.29 is 36.2 Å². The van der Waals surface area contributed by atoms with Gasteiger partial charge < -0.3 is 10.0 Å². The molecule has 1 amide bonds. The molecule has 1 saturated heterocycles. The Hall–Kier alpha value is -2.72. The minimum atomic E-state index is -4.85. The van der Waals surface area contributed by atoms with Gasteiger partial charge in [0.1, 0.15) is 5.82 Å². The fraction of sp³-hybridized carbons (Fsp3) is 0.444. The van der Waals surface area contributed by atoms with Gasteiger partial charge in [-0.2, -0.15) is 18.3 Å². The Kier molecular flexibility index (Phi) is 4.15. The average molecular weight is 419 g/mol. The zero-order valence-electron chi connectivity index (χ0n) is 14.8. The minimum Gasteiger partial charge on any atom is -0.465 e. The molecular formula is C18H15F6N3O2. The summed E-state index contributed by atoms with van der Waals surface area (Å²) in [4.78, 5) is 12.1. The molecule has 1 aliphatic carbocycles. The molecule has 1 saturated carbocycles.